The molecule has 9 nitrogen and oxygen atoms in total. The first kappa shape index (κ1) is 19.8. The monoisotopic (exact) mass is 457 g/mol. The van der Waals surface area contributed by atoms with E-state index >= 15 is 0 Å². The van der Waals surface area contributed by atoms with Crippen LogP contribution in [-0.2, 0) is 4.74 Å². The Hall–Kier alpha value is -3.81. The number of aromatic amines is 1. The quantitative estimate of drug-likeness (QED) is 0.484. The van der Waals surface area contributed by atoms with Crippen LogP contribution in [0.15, 0.2) is 36.5 Å². The lowest BCUT2D eigenvalue weighted by atomic mass is 9.71. The summed E-state index contributed by atoms with van der Waals surface area (Å²) in [6.07, 6.45) is 1.57. The average molecular weight is 458 g/mol. The number of ether oxygens (including phenoxy) is 1. The number of likely N-dealkylation sites (tertiary alicyclic amines) is 1. The maximum absolute atomic E-state index is 11.5. The van der Waals surface area contributed by atoms with Gasteiger partial charge in [-0.1, -0.05) is 12.1 Å². The Bertz CT molecular complexity index is 1460. The van der Waals surface area contributed by atoms with Gasteiger partial charge in [0.1, 0.15) is 11.1 Å². The van der Waals surface area contributed by atoms with Gasteiger partial charge in [-0.15, -0.1) is 11.3 Å². The van der Waals surface area contributed by atoms with Crippen molar-refractivity contribution in [2.24, 2.45) is 11.1 Å². The highest BCUT2D eigenvalue weighted by molar-refractivity contribution is 7.15. The Morgan fingerprint density at radius 2 is 2.21 bits per heavy atom. The molecule has 0 bridgehead atoms. The normalized spacial score (nSPS) is 18.7. The molecule has 1 unspecified atom stereocenters. The van der Waals surface area contributed by atoms with Crippen LogP contribution in [0.25, 0.3) is 32.7 Å². The van der Waals surface area contributed by atoms with Crippen molar-refractivity contribution in [1.29, 1.82) is 5.26 Å². The summed E-state index contributed by atoms with van der Waals surface area (Å²) in [5.41, 5.74) is 10.1. The number of nitrogens with two attached hydrogens (primary N) is 1. The molecule has 1 atom stereocenters. The highest BCUT2D eigenvalue weighted by atomic mass is 32.1. The second-order valence-electron chi connectivity index (χ2n) is 8.61. The largest absolute Gasteiger partial charge is 0.369 e. The van der Waals surface area contributed by atoms with Crippen LogP contribution in [0, 0.1) is 23.7 Å². The number of aromatic nitrogens is 4. The molecule has 1 aromatic carbocycles. The number of hydrogen-bond donors (Lipinski definition) is 2. The maximum Gasteiger partial charge on any atom is 0.314 e. The minimum absolute atomic E-state index is 0.144. The fraction of sp³-hybridized carbons (Fsp3) is 0.261. The van der Waals surface area contributed by atoms with Gasteiger partial charge in [-0.05, 0) is 25.1 Å². The predicted molar refractivity (Wildman–Crippen MR) is 122 cm³/mol. The highest BCUT2D eigenvalue weighted by Gasteiger charge is 2.59. The fourth-order valence-corrected chi connectivity index (χ4v) is 5.98. The number of urea groups is 1. The zero-order valence-electron chi connectivity index (χ0n) is 17.7. The van der Waals surface area contributed by atoms with Crippen LogP contribution in [0.4, 0.5) is 4.79 Å². The van der Waals surface area contributed by atoms with Crippen LogP contribution in [0.1, 0.15) is 22.4 Å². The van der Waals surface area contributed by atoms with Crippen LogP contribution in [0.5, 0.6) is 0 Å². The van der Waals surface area contributed by atoms with Crippen LogP contribution in [0.2, 0.25) is 0 Å². The van der Waals surface area contributed by atoms with Gasteiger partial charge in [0.15, 0.2) is 5.65 Å². The Morgan fingerprint density at radius 1 is 1.36 bits per heavy atom. The summed E-state index contributed by atoms with van der Waals surface area (Å²) >= 11 is 1.57. The van der Waals surface area contributed by atoms with E-state index < -0.39 is 6.03 Å². The van der Waals surface area contributed by atoms with Crippen molar-refractivity contribution in [2.75, 3.05) is 19.7 Å². The summed E-state index contributed by atoms with van der Waals surface area (Å²) in [5.74, 6) is 0. The number of nitrogens with zero attached hydrogens (tertiary/aromatic N) is 5. The first-order chi connectivity index (χ1) is 16.0. The molecule has 5 heterocycles. The molecular weight excluding hydrogens is 438 g/mol. The standard InChI is InChI=1S/C23H19N7O2S/c1-12-5-15(16-8-26-29-20(16)27-12)18-17(14-4-2-3-13(6-14)7-24)28-21(33-18)19-23(11-32-19)9-30(10-23)22(25)31/h2-6,8,19H,9-11H2,1H3,(H2,25,31)(H,26,27,29). The maximum atomic E-state index is 11.5. The molecule has 2 amide bonds. The van der Waals surface area contributed by atoms with Crippen molar-refractivity contribution in [3.05, 3.63) is 52.8 Å². The van der Waals surface area contributed by atoms with Crippen molar-refractivity contribution >= 4 is 28.4 Å². The second-order valence-corrected chi connectivity index (χ2v) is 9.64. The molecule has 3 N–H and O–H groups in total. The zero-order valence-corrected chi connectivity index (χ0v) is 18.5. The molecule has 2 aliphatic heterocycles. The van der Waals surface area contributed by atoms with Crippen LogP contribution in [-0.4, -0.2) is 50.8 Å². The van der Waals surface area contributed by atoms with Gasteiger partial charge in [-0.25, -0.2) is 14.8 Å². The number of nitriles is 1. The summed E-state index contributed by atoms with van der Waals surface area (Å²) in [6.45, 7) is 3.66. The number of carbonyl (C=O) groups excluding carboxylic acids is 1. The summed E-state index contributed by atoms with van der Waals surface area (Å²) in [4.78, 5) is 23.7. The van der Waals surface area contributed by atoms with Crippen molar-refractivity contribution in [1.82, 2.24) is 25.1 Å². The molecule has 0 aliphatic carbocycles. The minimum atomic E-state index is -0.408. The van der Waals surface area contributed by atoms with Crippen LogP contribution in [0.3, 0.4) is 0 Å². The van der Waals surface area contributed by atoms with Gasteiger partial charge < -0.3 is 15.4 Å². The average Bonchev–Trinajstić information content (AvgIpc) is 3.38. The van der Waals surface area contributed by atoms with Crippen LogP contribution >= 0.6 is 11.3 Å². The molecule has 164 valence electrons. The SMILES string of the molecule is Cc1cc(-c2sc(C3OCC34CN(C(N)=O)C4)nc2-c2cccc(C#N)c2)c2cn[nH]c2n1. The number of primary amides is 1. The summed E-state index contributed by atoms with van der Waals surface area (Å²) in [5, 5.41) is 18.3. The van der Waals surface area contributed by atoms with Crippen molar-refractivity contribution in [3.8, 4) is 27.8 Å². The smallest absolute Gasteiger partial charge is 0.314 e. The third-order valence-corrected chi connectivity index (χ3v) is 7.48. The third kappa shape index (κ3) is 3.01. The van der Waals surface area contributed by atoms with E-state index in [-0.39, 0.29) is 11.5 Å². The number of thiazole rings is 1. The lowest BCUT2D eigenvalue weighted by Gasteiger charge is -2.58. The number of H-pyrrole nitrogens is 1. The number of hydrogen-bond acceptors (Lipinski definition) is 7. The van der Waals surface area contributed by atoms with E-state index in [0.717, 1.165) is 37.8 Å². The number of amides is 2. The van der Waals surface area contributed by atoms with Crippen LogP contribution < -0.4 is 5.73 Å². The molecule has 4 aromatic rings. The first-order valence-electron chi connectivity index (χ1n) is 10.5. The number of benzene rings is 1. The van der Waals surface area contributed by atoms with E-state index in [2.05, 4.69) is 21.3 Å². The lowest BCUT2D eigenvalue weighted by Crippen LogP contribution is -2.69. The minimum Gasteiger partial charge on any atom is -0.369 e. The summed E-state index contributed by atoms with van der Waals surface area (Å²) in [6, 6.07) is 11.3. The fourth-order valence-electron chi connectivity index (χ4n) is 4.67. The predicted octanol–water partition coefficient (Wildman–Crippen LogP) is 3.38. The number of fused-ring (bicyclic) bond motifs is 1. The van der Waals surface area contributed by atoms with E-state index in [1.807, 2.05) is 31.2 Å². The molecule has 0 radical (unpaired) electrons. The van der Waals surface area contributed by atoms with E-state index in [1.165, 1.54) is 0 Å². The van der Waals surface area contributed by atoms with Crippen molar-refractivity contribution < 1.29 is 9.53 Å². The summed E-state index contributed by atoms with van der Waals surface area (Å²) in [7, 11) is 0. The van der Waals surface area contributed by atoms with Crippen molar-refractivity contribution in [3.63, 3.8) is 0 Å². The highest BCUT2D eigenvalue weighted by Crippen LogP contribution is 2.55. The number of aryl methyl sites for hydroxylation is 1. The van der Waals surface area contributed by atoms with E-state index in [9.17, 15) is 10.1 Å². The van der Waals surface area contributed by atoms with Gasteiger partial charge in [0.2, 0.25) is 0 Å². The zero-order chi connectivity index (χ0) is 22.7. The molecule has 33 heavy (non-hydrogen) atoms. The molecule has 10 heteroatoms. The van der Waals surface area contributed by atoms with E-state index in [0.29, 0.717) is 30.9 Å². The Labute approximate surface area is 192 Å². The molecule has 2 saturated heterocycles. The van der Waals surface area contributed by atoms with Gasteiger partial charge in [-0.3, -0.25) is 5.10 Å². The summed E-state index contributed by atoms with van der Waals surface area (Å²) < 4.78 is 5.97. The molecule has 6 rings (SSSR count). The number of carbonyl (C=O) groups is 1. The molecule has 2 aliphatic rings. The van der Waals surface area contributed by atoms with Crippen molar-refractivity contribution in [2.45, 2.75) is 13.0 Å². The second kappa shape index (κ2) is 7.10. The molecule has 2 fully saturated rings. The van der Waals surface area contributed by atoms with Gasteiger partial charge in [0.25, 0.3) is 0 Å². The topological polar surface area (TPSA) is 134 Å². The lowest BCUT2D eigenvalue weighted by molar-refractivity contribution is -0.240. The Morgan fingerprint density at radius 3 is 2.94 bits per heavy atom. The molecule has 1 spiro atoms. The number of pyridine rings is 1. The van der Waals surface area contributed by atoms with Gasteiger partial charge in [-0.2, -0.15) is 10.4 Å². The number of rotatable bonds is 3. The Kier molecular flexibility index (Phi) is 4.27. The molecule has 0 saturated carbocycles. The molecule has 3 aromatic heterocycles. The van der Waals surface area contributed by atoms with Gasteiger partial charge in [0.05, 0.1) is 40.4 Å². The third-order valence-electron chi connectivity index (χ3n) is 6.35. The van der Waals surface area contributed by atoms with E-state index in [4.69, 9.17) is 15.5 Å². The molecular formula is C23H19N7O2S. The van der Waals surface area contributed by atoms with E-state index in [1.54, 1.807) is 28.5 Å². The first-order valence-corrected chi connectivity index (χ1v) is 11.3. The number of nitrogens with one attached hydrogen (secondary N) is 1. The van der Waals surface area contributed by atoms with Gasteiger partial charge in [0, 0.05) is 35.3 Å². The van der Waals surface area contributed by atoms with Gasteiger partial charge >= 0.3 is 6.03 Å². The Balaban J connectivity index is 1.50.